The molecule has 0 spiro atoms. The third kappa shape index (κ3) is 1.83. The Labute approximate surface area is 76.7 Å². The van der Waals surface area contributed by atoms with Crippen molar-refractivity contribution in [3.05, 3.63) is 34.0 Å². The molecule has 0 aliphatic carbocycles. The highest BCUT2D eigenvalue weighted by Crippen LogP contribution is 2.15. The predicted octanol–water partition coefficient (Wildman–Crippen LogP) is 3.29. The molecule has 1 aromatic heterocycles. The third-order valence-electron chi connectivity index (χ3n) is 1.77. The predicted molar refractivity (Wildman–Crippen MR) is 52.7 cm³/mol. The summed E-state index contributed by atoms with van der Waals surface area (Å²) >= 11 is 1.50. The molecule has 0 bridgehead atoms. The number of carbonyl (C=O) groups excluding carboxylic acids is 1. The summed E-state index contributed by atoms with van der Waals surface area (Å²) in [5.41, 5.74) is 0.900. The zero-order chi connectivity index (χ0) is 8.97. The molecule has 12 heavy (non-hydrogen) atoms. The summed E-state index contributed by atoms with van der Waals surface area (Å²) in [6, 6.07) is 3.77. The second-order valence-corrected chi connectivity index (χ2v) is 3.42. The molecule has 0 saturated carbocycles. The molecule has 1 nitrogen and oxygen atoms in total. The van der Waals surface area contributed by atoms with Gasteiger partial charge in [0.2, 0.25) is 0 Å². The molecular weight excluding hydrogens is 168 g/mol. The van der Waals surface area contributed by atoms with Gasteiger partial charge < -0.3 is 0 Å². The first-order chi connectivity index (χ1) is 5.79. The number of hydrogen-bond donors (Lipinski definition) is 0. The van der Waals surface area contributed by atoms with Crippen molar-refractivity contribution in [3.63, 3.8) is 0 Å². The van der Waals surface area contributed by atoms with E-state index in [-0.39, 0.29) is 5.78 Å². The van der Waals surface area contributed by atoms with Gasteiger partial charge in [0.05, 0.1) is 4.88 Å². The highest BCUT2D eigenvalue weighted by atomic mass is 32.1. The minimum absolute atomic E-state index is 0.176. The van der Waals surface area contributed by atoms with Gasteiger partial charge in [-0.05, 0) is 30.4 Å². The van der Waals surface area contributed by atoms with Gasteiger partial charge in [0.25, 0.3) is 0 Å². The monoisotopic (exact) mass is 180 g/mol. The van der Waals surface area contributed by atoms with Crippen molar-refractivity contribution in [2.45, 2.75) is 20.3 Å². The Morgan fingerprint density at radius 1 is 1.67 bits per heavy atom. The minimum Gasteiger partial charge on any atom is -0.288 e. The molecule has 0 N–H and O–H groups in total. The SMILES string of the molecule is C/C=C(/CC)C(=O)c1cccs1. The summed E-state index contributed by atoms with van der Waals surface area (Å²) in [4.78, 5) is 12.4. The molecule has 1 aromatic rings. The number of thiophene rings is 1. The number of allylic oxidation sites excluding steroid dienone is 2. The standard InChI is InChI=1S/C10H12OS/c1-3-8(4-2)10(11)9-6-5-7-12-9/h3,5-7H,4H2,1-2H3/b8-3-. The largest absolute Gasteiger partial charge is 0.288 e. The Balaban J connectivity index is 2.85. The smallest absolute Gasteiger partial charge is 0.198 e. The van der Waals surface area contributed by atoms with Crippen LogP contribution in [0.3, 0.4) is 0 Å². The first kappa shape index (κ1) is 9.20. The highest BCUT2D eigenvalue weighted by Gasteiger charge is 2.09. The van der Waals surface area contributed by atoms with Crippen LogP contribution in [0.2, 0.25) is 0 Å². The first-order valence-electron chi connectivity index (χ1n) is 4.03. The Morgan fingerprint density at radius 2 is 2.42 bits per heavy atom. The van der Waals surface area contributed by atoms with E-state index in [1.165, 1.54) is 11.3 Å². The van der Waals surface area contributed by atoms with E-state index in [1.807, 2.05) is 37.4 Å². The van der Waals surface area contributed by atoms with Gasteiger partial charge >= 0.3 is 0 Å². The van der Waals surface area contributed by atoms with Crippen molar-refractivity contribution < 1.29 is 4.79 Å². The summed E-state index contributed by atoms with van der Waals surface area (Å²) < 4.78 is 0. The second kappa shape index (κ2) is 4.21. The molecule has 0 aliphatic rings. The van der Waals surface area contributed by atoms with E-state index in [9.17, 15) is 4.79 Å². The molecule has 0 unspecified atom stereocenters. The summed E-state index contributed by atoms with van der Waals surface area (Å²) in [7, 11) is 0. The van der Waals surface area contributed by atoms with Gasteiger partial charge in [0, 0.05) is 0 Å². The highest BCUT2D eigenvalue weighted by molar-refractivity contribution is 7.12. The average molecular weight is 180 g/mol. The molecule has 1 rings (SSSR count). The maximum atomic E-state index is 11.6. The molecule has 0 atom stereocenters. The van der Waals surface area contributed by atoms with Crippen molar-refractivity contribution in [1.29, 1.82) is 0 Å². The van der Waals surface area contributed by atoms with Crippen LogP contribution in [0.5, 0.6) is 0 Å². The molecule has 0 aromatic carbocycles. The number of Topliss-reactive ketones (excluding diaryl/α,β-unsaturated/α-hetero) is 1. The molecule has 0 saturated heterocycles. The number of carbonyl (C=O) groups is 1. The fraction of sp³-hybridized carbons (Fsp3) is 0.300. The number of hydrogen-bond acceptors (Lipinski definition) is 2. The van der Waals surface area contributed by atoms with Crippen LogP contribution in [0, 0.1) is 0 Å². The van der Waals surface area contributed by atoms with Crippen LogP contribution in [0.25, 0.3) is 0 Å². The summed E-state index contributed by atoms with van der Waals surface area (Å²) in [5, 5.41) is 1.93. The van der Waals surface area contributed by atoms with Crippen molar-refractivity contribution in [2.75, 3.05) is 0 Å². The van der Waals surface area contributed by atoms with Crippen molar-refractivity contribution in [1.82, 2.24) is 0 Å². The normalized spacial score (nSPS) is 11.7. The van der Waals surface area contributed by atoms with E-state index in [0.29, 0.717) is 0 Å². The van der Waals surface area contributed by atoms with E-state index < -0.39 is 0 Å². The lowest BCUT2D eigenvalue weighted by atomic mass is 10.1. The van der Waals surface area contributed by atoms with Crippen molar-refractivity contribution in [2.24, 2.45) is 0 Å². The van der Waals surface area contributed by atoms with Crippen molar-refractivity contribution >= 4 is 17.1 Å². The van der Waals surface area contributed by atoms with Gasteiger partial charge in [0.1, 0.15) is 0 Å². The lowest BCUT2D eigenvalue weighted by Gasteiger charge is -1.98. The van der Waals surface area contributed by atoms with Crippen LogP contribution in [0.15, 0.2) is 29.2 Å². The van der Waals surface area contributed by atoms with Crippen LogP contribution in [-0.4, -0.2) is 5.78 Å². The summed E-state index contributed by atoms with van der Waals surface area (Å²) in [5.74, 6) is 0.176. The van der Waals surface area contributed by atoms with Gasteiger partial charge in [-0.3, -0.25) is 4.79 Å². The lowest BCUT2D eigenvalue weighted by molar-refractivity contribution is 0.103. The molecule has 0 radical (unpaired) electrons. The van der Waals surface area contributed by atoms with Gasteiger partial charge in [0.15, 0.2) is 5.78 Å². The summed E-state index contributed by atoms with van der Waals surface area (Å²) in [6.07, 6.45) is 2.70. The average Bonchev–Trinajstić information content (AvgIpc) is 2.58. The third-order valence-corrected chi connectivity index (χ3v) is 2.63. The van der Waals surface area contributed by atoms with Crippen LogP contribution >= 0.6 is 11.3 Å². The molecule has 1 heterocycles. The zero-order valence-electron chi connectivity index (χ0n) is 7.33. The van der Waals surface area contributed by atoms with E-state index in [0.717, 1.165) is 16.9 Å². The maximum Gasteiger partial charge on any atom is 0.198 e. The summed E-state index contributed by atoms with van der Waals surface area (Å²) in [6.45, 7) is 3.91. The molecule has 64 valence electrons. The number of rotatable bonds is 3. The van der Waals surface area contributed by atoms with Crippen LogP contribution in [0.1, 0.15) is 29.9 Å². The fourth-order valence-corrected chi connectivity index (χ4v) is 1.76. The minimum atomic E-state index is 0.176. The van der Waals surface area contributed by atoms with E-state index in [1.54, 1.807) is 0 Å². The van der Waals surface area contributed by atoms with Gasteiger partial charge in [-0.2, -0.15) is 0 Å². The Kier molecular flexibility index (Phi) is 3.23. The molecule has 2 heteroatoms. The molecule has 0 aliphatic heterocycles. The quantitative estimate of drug-likeness (QED) is 0.515. The van der Waals surface area contributed by atoms with E-state index in [2.05, 4.69) is 0 Å². The maximum absolute atomic E-state index is 11.6. The Hall–Kier alpha value is -0.890. The van der Waals surface area contributed by atoms with Crippen LogP contribution in [-0.2, 0) is 0 Å². The molecule has 0 amide bonds. The van der Waals surface area contributed by atoms with Crippen LogP contribution in [0.4, 0.5) is 0 Å². The lowest BCUT2D eigenvalue weighted by Crippen LogP contribution is -1.99. The molecule has 0 fully saturated rings. The Morgan fingerprint density at radius 3 is 2.83 bits per heavy atom. The fourth-order valence-electron chi connectivity index (χ4n) is 1.06. The first-order valence-corrected chi connectivity index (χ1v) is 4.91. The zero-order valence-corrected chi connectivity index (χ0v) is 8.15. The topological polar surface area (TPSA) is 17.1 Å². The van der Waals surface area contributed by atoms with Gasteiger partial charge in [-0.1, -0.05) is 19.1 Å². The van der Waals surface area contributed by atoms with Gasteiger partial charge in [-0.25, -0.2) is 0 Å². The Bertz CT molecular complexity index is 283. The van der Waals surface area contributed by atoms with Crippen molar-refractivity contribution in [3.8, 4) is 0 Å². The van der Waals surface area contributed by atoms with Crippen LogP contribution < -0.4 is 0 Å². The molecular formula is C10H12OS. The second-order valence-electron chi connectivity index (χ2n) is 2.47. The van der Waals surface area contributed by atoms with E-state index >= 15 is 0 Å². The van der Waals surface area contributed by atoms with Gasteiger partial charge in [-0.15, -0.1) is 11.3 Å². The van der Waals surface area contributed by atoms with E-state index in [4.69, 9.17) is 0 Å². The number of ketones is 1.